The summed E-state index contributed by atoms with van der Waals surface area (Å²) in [5.74, 6) is 0.885. The average Bonchev–Trinajstić information content (AvgIpc) is 3.05. The van der Waals surface area contributed by atoms with Crippen LogP contribution in [-0.4, -0.2) is 48.3 Å². The molecule has 29 heavy (non-hydrogen) atoms. The van der Waals surface area contributed by atoms with Crippen LogP contribution < -0.4 is 10.5 Å². The van der Waals surface area contributed by atoms with E-state index in [4.69, 9.17) is 15.2 Å². The molecular formula is C23H27N3O3. The van der Waals surface area contributed by atoms with Crippen molar-refractivity contribution >= 4 is 22.5 Å². The van der Waals surface area contributed by atoms with Gasteiger partial charge in [0.15, 0.2) is 0 Å². The SMILES string of the molecule is CCOc1ccc2c(N)c(-c3ccc(C(=O)N4CCOCC4)cc3)n(CC)c2c1. The number of rotatable bonds is 5. The van der Waals surface area contributed by atoms with Crippen LogP contribution in [0, 0.1) is 0 Å². The number of hydrogen-bond donors (Lipinski definition) is 1. The number of ether oxygens (including phenoxy) is 2. The highest BCUT2D eigenvalue weighted by molar-refractivity contribution is 6.02. The van der Waals surface area contributed by atoms with Crippen LogP contribution in [0.3, 0.4) is 0 Å². The van der Waals surface area contributed by atoms with Crippen LogP contribution in [0.15, 0.2) is 42.5 Å². The number of carbonyl (C=O) groups excluding carboxylic acids is 1. The molecule has 3 aromatic rings. The number of aryl methyl sites for hydroxylation is 1. The standard InChI is InChI=1S/C23H27N3O3/c1-3-26-20-15-18(29-4-2)9-10-19(20)21(24)22(26)16-5-7-17(8-6-16)23(27)25-11-13-28-14-12-25/h5-10,15H,3-4,11-14,24H2,1-2H3. The average molecular weight is 393 g/mol. The summed E-state index contributed by atoms with van der Waals surface area (Å²) in [5.41, 5.74) is 11.0. The molecule has 1 saturated heterocycles. The van der Waals surface area contributed by atoms with E-state index in [0.717, 1.165) is 40.1 Å². The van der Waals surface area contributed by atoms with Crippen LogP contribution in [0.25, 0.3) is 22.2 Å². The van der Waals surface area contributed by atoms with Gasteiger partial charge < -0.3 is 24.7 Å². The second kappa shape index (κ2) is 8.17. The van der Waals surface area contributed by atoms with E-state index in [9.17, 15) is 4.79 Å². The highest BCUT2D eigenvalue weighted by Gasteiger charge is 2.20. The first-order chi connectivity index (χ1) is 14.1. The fourth-order valence-corrected chi connectivity index (χ4v) is 3.97. The van der Waals surface area contributed by atoms with Crippen molar-refractivity contribution in [3.05, 3.63) is 48.0 Å². The smallest absolute Gasteiger partial charge is 0.254 e. The van der Waals surface area contributed by atoms with Crippen LogP contribution in [0.2, 0.25) is 0 Å². The van der Waals surface area contributed by atoms with Gasteiger partial charge in [0.1, 0.15) is 5.75 Å². The van der Waals surface area contributed by atoms with Gasteiger partial charge in [-0.1, -0.05) is 12.1 Å². The minimum Gasteiger partial charge on any atom is -0.494 e. The lowest BCUT2D eigenvalue weighted by Gasteiger charge is -2.26. The monoisotopic (exact) mass is 393 g/mol. The molecule has 4 rings (SSSR count). The minimum absolute atomic E-state index is 0.0465. The van der Waals surface area contributed by atoms with Gasteiger partial charge in [-0.05, 0) is 38.1 Å². The Balaban J connectivity index is 1.70. The number of amides is 1. The maximum Gasteiger partial charge on any atom is 0.254 e. The molecule has 1 amide bonds. The largest absolute Gasteiger partial charge is 0.494 e. The molecule has 2 aromatic carbocycles. The molecule has 0 aliphatic carbocycles. The molecule has 6 heteroatoms. The van der Waals surface area contributed by atoms with Crippen LogP contribution in [0.1, 0.15) is 24.2 Å². The Morgan fingerprint density at radius 1 is 1.10 bits per heavy atom. The molecule has 1 aromatic heterocycles. The fraction of sp³-hybridized carbons (Fsp3) is 0.348. The summed E-state index contributed by atoms with van der Waals surface area (Å²) >= 11 is 0. The number of anilines is 1. The summed E-state index contributed by atoms with van der Waals surface area (Å²) in [6, 6.07) is 13.7. The summed E-state index contributed by atoms with van der Waals surface area (Å²) in [6.07, 6.45) is 0. The normalized spacial score (nSPS) is 14.3. The third-order valence-electron chi connectivity index (χ3n) is 5.41. The second-order valence-corrected chi connectivity index (χ2v) is 7.10. The number of aromatic nitrogens is 1. The van der Waals surface area contributed by atoms with Gasteiger partial charge in [-0.25, -0.2) is 0 Å². The van der Waals surface area contributed by atoms with Gasteiger partial charge in [-0.3, -0.25) is 4.79 Å². The van der Waals surface area contributed by atoms with Crippen LogP contribution in [-0.2, 0) is 11.3 Å². The Bertz CT molecular complexity index is 1020. The van der Waals surface area contributed by atoms with Crippen molar-refractivity contribution in [1.82, 2.24) is 9.47 Å². The molecule has 0 saturated carbocycles. The summed E-state index contributed by atoms with van der Waals surface area (Å²) in [6.45, 7) is 7.96. The van der Waals surface area contributed by atoms with Crippen molar-refractivity contribution in [3.8, 4) is 17.0 Å². The van der Waals surface area contributed by atoms with E-state index in [1.807, 2.05) is 54.3 Å². The summed E-state index contributed by atoms with van der Waals surface area (Å²) in [5, 5.41) is 1.01. The number of carbonyl (C=O) groups is 1. The van der Waals surface area contributed by atoms with Gasteiger partial charge in [0.05, 0.1) is 36.7 Å². The molecule has 0 bridgehead atoms. The number of nitrogens with zero attached hydrogens (tertiary/aromatic N) is 2. The second-order valence-electron chi connectivity index (χ2n) is 7.10. The Morgan fingerprint density at radius 2 is 1.83 bits per heavy atom. The van der Waals surface area contributed by atoms with Crippen molar-refractivity contribution in [2.45, 2.75) is 20.4 Å². The number of nitrogens with two attached hydrogens (primary N) is 1. The molecule has 1 fully saturated rings. The molecule has 152 valence electrons. The molecule has 0 unspecified atom stereocenters. The Hall–Kier alpha value is -2.99. The van der Waals surface area contributed by atoms with Crippen molar-refractivity contribution in [2.75, 3.05) is 38.6 Å². The molecule has 2 N–H and O–H groups in total. The lowest BCUT2D eigenvalue weighted by Crippen LogP contribution is -2.40. The lowest BCUT2D eigenvalue weighted by atomic mass is 10.1. The lowest BCUT2D eigenvalue weighted by molar-refractivity contribution is 0.0303. The third-order valence-corrected chi connectivity index (χ3v) is 5.41. The van der Waals surface area contributed by atoms with Crippen molar-refractivity contribution < 1.29 is 14.3 Å². The van der Waals surface area contributed by atoms with Gasteiger partial charge in [0.25, 0.3) is 5.91 Å². The van der Waals surface area contributed by atoms with Gasteiger partial charge in [-0.2, -0.15) is 0 Å². The summed E-state index contributed by atoms with van der Waals surface area (Å²) < 4.78 is 13.2. The predicted octanol–water partition coefficient (Wildman–Crippen LogP) is 3.78. The molecule has 1 aliphatic heterocycles. The number of hydrogen-bond acceptors (Lipinski definition) is 4. The van der Waals surface area contributed by atoms with Crippen LogP contribution in [0.4, 0.5) is 5.69 Å². The minimum atomic E-state index is 0.0465. The number of nitrogen functional groups attached to an aromatic ring is 1. The van der Waals surface area contributed by atoms with E-state index >= 15 is 0 Å². The van der Waals surface area contributed by atoms with Crippen LogP contribution in [0.5, 0.6) is 5.75 Å². The highest BCUT2D eigenvalue weighted by Crippen LogP contribution is 2.37. The van der Waals surface area contributed by atoms with E-state index in [0.29, 0.717) is 38.5 Å². The van der Waals surface area contributed by atoms with E-state index in [-0.39, 0.29) is 5.91 Å². The van der Waals surface area contributed by atoms with E-state index in [1.165, 1.54) is 0 Å². The quantitative estimate of drug-likeness (QED) is 0.716. The Morgan fingerprint density at radius 3 is 2.48 bits per heavy atom. The van der Waals surface area contributed by atoms with Crippen molar-refractivity contribution in [2.24, 2.45) is 0 Å². The van der Waals surface area contributed by atoms with E-state index < -0.39 is 0 Å². The maximum absolute atomic E-state index is 12.7. The number of fused-ring (bicyclic) bond motifs is 1. The Labute approximate surface area is 170 Å². The molecular weight excluding hydrogens is 366 g/mol. The molecule has 6 nitrogen and oxygen atoms in total. The zero-order valence-electron chi connectivity index (χ0n) is 17.0. The van der Waals surface area contributed by atoms with Crippen LogP contribution >= 0.6 is 0 Å². The molecule has 2 heterocycles. The molecule has 0 spiro atoms. The molecule has 0 radical (unpaired) electrons. The van der Waals surface area contributed by atoms with Gasteiger partial charge >= 0.3 is 0 Å². The number of morpholine rings is 1. The fourth-order valence-electron chi connectivity index (χ4n) is 3.97. The first kappa shape index (κ1) is 19.3. The topological polar surface area (TPSA) is 69.7 Å². The summed E-state index contributed by atoms with van der Waals surface area (Å²) in [4.78, 5) is 14.5. The zero-order valence-corrected chi connectivity index (χ0v) is 17.0. The third kappa shape index (κ3) is 3.56. The van der Waals surface area contributed by atoms with E-state index in [1.54, 1.807) is 0 Å². The Kier molecular flexibility index (Phi) is 5.45. The first-order valence-electron chi connectivity index (χ1n) is 10.2. The van der Waals surface area contributed by atoms with Crippen molar-refractivity contribution in [1.29, 1.82) is 0 Å². The van der Waals surface area contributed by atoms with Gasteiger partial charge in [0.2, 0.25) is 0 Å². The van der Waals surface area contributed by atoms with Crippen molar-refractivity contribution in [3.63, 3.8) is 0 Å². The van der Waals surface area contributed by atoms with E-state index in [2.05, 4.69) is 11.5 Å². The predicted molar refractivity (Wildman–Crippen MR) is 115 cm³/mol. The zero-order chi connectivity index (χ0) is 20.4. The highest BCUT2D eigenvalue weighted by atomic mass is 16.5. The number of benzene rings is 2. The summed E-state index contributed by atoms with van der Waals surface area (Å²) in [7, 11) is 0. The molecule has 0 atom stereocenters. The molecule has 1 aliphatic rings. The maximum atomic E-state index is 12.7. The van der Waals surface area contributed by atoms with Gasteiger partial charge in [-0.15, -0.1) is 0 Å². The first-order valence-corrected chi connectivity index (χ1v) is 10.2. The van der Waals surface area contributed by atoms with Gasteiger partial charge in [0, 0.05) is 42.2 Å².